The number of carbonyl (C=O) groups excluding carboxylic acids is 2. The van der Waals surface area contributed by atoms with Gasteiger partial charge in [-0.25, -0.2) is 4.79 Å². The molecule has 10 heteroatoms. The van der Waals surface area contributed by atoms with Gasteiger partial charge in [0.25, 0.3) is 5.56 Å². The largest absolute Gasteiger partial charge is 0.497 e. The van der Waals surface area contributed by atoms with Gasteiger partial charge in [-0.05, 0) is 48.9 Å². The van der Waals surface area contributed by atoms with Gasteiger partial charge < -0.3 is 14.8 Å². The highest BCUT2D eigenvalue weighted by molar-refractivity contribution is 7.16. The summed E-state index contributed by atoms with van der Waals surface area (Å²) in [5.74, 6) is -0.364. The Morgan fingerprint density at radius 2 is 1.82 bits per heavy atom. The smallest absolute Gasteiger partial charge is 0.359 e. The van der Waals surface area contributed by atoms with Gasteiger partial charge in [0.2, 0.25) is 5.91 Å². The molecule has 2 heterocycles. The molecule has 0 aliphatic carbocycles. The van der Waals surface area contributed by atoms with E-state index in [0.717, 1.165) is 21.6 Å². The van der Waals surface area contributed by atoms with Crippen molar-refractivity contribution in [2.45, 2.75) is 13.3 Å². The number of anilines is 1. The minimum atomic E-state index is -0.661. The van der Waals surface area contributed by atoms with Crippen molar-refractivity contribution in [3.05, 3.63) is 80.5 Å². The Balaban J connectivity index is 1.78. The van der Waals surface area contributed by atoms with Gasteiger partial charge >= 0.3 is 5.97 Å². The Morgan fingerprint density at radius 1 is 1.12 bits per heavy atom. The van der Waals surface area contributed by atoms with Crippen LogP contribution in [0.15, 0.2) is 58.7 Å². The molecule has 2 aromatic carbocycles. The van der Waals surface area contributed by atoms with E-state index in [4.69, 9.17) is 21.1 Å². The number of benzene rings is 2. The number of hydrogen-bond donors (Lipinski definition) is 1. The highest BCUT2D eigenvalue weighted by Gasteiger charge is 2.23. The molecule has 0 aliphatic heterocycles. The molecule has 1 N–H and O–H groups in total. The number of methoxy groups -OCH3 is 1. The predicted octanol–water partition coefficient (Wildman–Crippen LogP) is 4.47. The van der Waals surface area contributed by atoms with E-state index in [1.54, 1.807) is 60.8 Å². The highest BCUT2D eigenvalue weighted by Crippen LogP contribution is 2.31. The Labute approximate surface area is 203 Å². The number of halogens is 1. The van der Waals surface area contributed by atoms with Crippen LogP contribution in [0.5, 0.6) is 5.75 Å². The molecule has 4 rings (SSSR count). The topological polar surface area (TPSA) is 99.5 Å². The minimum Gasteiger partial charge on any atom is -0.497 e. The van der Waals surface area contributed by atoms with E-state index in [0.29, 0.717) is 26.8 Å². The number of nitrogens with one attached hydrogen (secondary N) is 1. The molecule has 0 atom stereocenters. The van der Waals surface area contributed by atoms with E-state index in [-0.39, 0.29) is 30.0 Å². The first-order valence-electron chi connectivity index (χ1n) is 10.3. The first kappa shape index (κ1) is 23.5. The zero-order valence-corrected chi connectivity index (χ0v) is 19.9. The molecule has 0 unspecified atom stereocenters. The third-order valence-electron chi connectivity index (χ3n) is 4.97. The number of fused-ring (bicyclic) bond motifs is 1. The van der Waals surface area contributed by atoms with Crippen molar-refractivity contribution < 1.29 is 19.1 Å². The number of nitrogens with zero attached hydrogens (tertiary/aromatic N) is 2. The zero-order valence-electron chi connectivity index (χ0n) is 18.3. The average molecular weight is 498 g/mol. The Kier molecular flexibility index (Phi) is 6.95. The maximum Gasteiger partial charge on any atom is 0.359 e. The van der Waals surface area contributed by atoms with Crippen LogP contribution in [0.2, 0.25) is 5.02 Å². The van der Waals surface area contributed by atoms with E-state index < -0.39 is 11.5 Å². The SMILES string of the molecule is CCOC(=O)c1nn(-c2ccc(OC)cc2)c(=O)c2c(NC(=O)Cc3ccc(Cl)cc3)scc12. The van der Waals surface area contributed by atoms with Crippen LogP contribution >= 0.6 is 22.9 Å². The lowest BCUT2D eigenvalue weighted by Crippen LogP contribution is -2.25. The number of aromatic nitrogens is 2. The summed E-state index contributed by atoms with van der Waals surface area (Å²) < 4.78 is 11.4. The molecule has 0 bridgehead atoms. The molecule has 0 saturated heterocycles. The van der Waals surface area contributed by atoms with Gasteiger partial charge in [-0.3, -0.25) is 9.59 Å². The predicted molar refractivity (Wildman–Crippen MR) is 132 cm³/mol. The van der Waals surface area contributed by atoms with Gasteiger partial charge in [0.1, 0.15) is 10.8 Å². The number of hydrogen-bond acceptors (Lipinski definition) is 7. The summed E-state index contributed by atoms with van der Waals surface area (Å²) in [7, 11) is 1.54. The summed E-state index contributed by atoms with van der Waals surface area (Å²) in [5, 5.41) is 10.1. The number of esters is 1. The zero-order chi connectivity index (χ0) is 24.2. The maximum atomic E-state index is 13.4. The highest BCUT2D eigenvalue weighted by atomic mass is 35.5. The summed E-state index contributed by atoms with van der Waals surface area (Å²) in [6.45, 7) is 1.84. The number of ether oxygens (including phenoxy) is 2. The lowest BCUT2D eigenvalue weighted by atomic mass is 10.1. The van der Waals surface area contributed by atoms with E-state index in [1.807, 2.05) is 0 Å². The van der Waals surface area contributed by atoms with Crippen molar-refractivity contribution in [2.75, 3.05) is 19.0 Å². The summed E-state index contributed by atoms with van der Waals surface area (Å²) >= 11 is 7.05. The number of carbonyl (C=O) groups is 2. The van der Waals surface area contributed by atoms with Gasteiger partial charge in [-0.1, -0.05) is 23.7 Å². The number of thiophene rings is 1. The van der Waals surface area contributed by atoms with Crippen molar-refractivity contribution in [3.8, 4) is 11.4 Å². The molecule has 34 heavy (non-hydrogen) atoms. The maximum absolute atomic E-state index is 13.4. The van der Waals surface area contributed by atoms with Crippen LogP contribution in [-0.4, -0.2) is 35.4 Å². The molecule has 8 nitrogen and oxygen atoms in total. The lowest BCUT2D eigenvalue weighted by Gasteiger charge is -2.10. The fourth-order valence-corrected chi connectivity index (χ4v) is 4.43. The summed E-state index contributed by atoms with van der Waals surface area (Å²) in [5.41, 5.74) is 0.716. The number of rotatable bonds is 7. The molecule has 174 valence electrons. The molecule has 1 amide bonds. The van der Waals surface area contributed by atoms with Gasteiger partial charge in [0, 0.05) is 15.8 Å². The first-order valence-corrected chi connectivity index (χ1v) is 11.6. The fraction of sp³-hybridized carbons (Fsp3) is 0.167. The molecule has 0 radical (unpaired) electrons. The second kappa shape index (κ2) is 10.1. The van der Waals surface area contributed by atoms with Gasteiger partial charge in [-0.15, -0.1) is 11.3 Å². The monoisotopic (exact) mass is 497 g/mol. The normalized spacial score (nSPS) is 10.8. The first-order chi connectivity index (χ1) is 16.4. The molecule has 0 saturated carbocycles. The summed E-state index contributed by atoms with van der Waals surface area (Å²) in [4.78, 5) is 38.8. The molecule has 4 aromatic rings. The van der Waals surface area contributed by atoms with E-state index in [1.165, 1.54) is 7.11 Å². The van der Waals surface area contributed by atoms with E-state index in [9.17, 15) is 14.4 Å². The van der Waals surface area contributed by atoms with Crippen LogP contribution in [0, 0.1) is 0 Å². The quantitative estimate of drug-likeness (QED) is 0.378. The molecule has 0 fully saturated rings. The summed E-state index contributed by atoms with van der Waals surface area (Å²) in [6, 6.07) is 13.6. The van der Waals surface area contributed by atoms with Crippen LogP contribution in [0.3, 0.4) is 0 Å². The second-order valence-corrected chi connectivity index (χ2v) is 8.51. The van der Waals surface area contributed by atoms with E-state index >= 15 is 0 Å². The van der Waals surface area contributed by atoms with Gasteiger partial charge in [-0.2, -0.15) is 9.78 Å². The average Bonchev–Trinajstić information content (AvgIpc) is 3.25. The van der Waals surface area contributed by atoms with Crippen LogP contribution in [0.4, 0.5) is 5.00 Å². The van der Waals surface area contributed by atoms with Crippen molar-refractivity contribution in [1.82, 2.24) is 9.78 Å². The van der Waals surface area contributed by atoms with E-state index in [2.05, 4.69) is 10.4 Å². The van der Waals surface area contributed by atoms with Crippen molar-refractivity contribution in [3.63, 3.8) is 0 Å². The third-order valence-corrected chi connectivity index (χ3v) is 6.12. The molecular weight excluding hydrogens is 478 g/mol. The van der Waals surface area contributed by atoms with Crippen LogP contribution in [0.25, 0.3) is 16.5 Å². The van der Waals surface area contributed by atoms with Crippen LogP contribution in [-0.2, 0) is 16.0 Å². The third kappa shape index (κ3) is 4.80. The van der Waals surface area contributed by atoms with Crippen molar-refractivity contribution >= 4 is 50.6 Å². The lowest BCUT2D eigenvalue weighted by molar-refractivity contribution is -0.115. The standard InChI is InChI=1S/C24H20ClN3O5S/c1-3-33-24(31)21-18-13-34-22(26-19(29)12-14-4-6-15(25)7-5-14)20(18)23(30)28(27-21)16-8-10-17(32-2)11-9-16/h4-11,13H,3,12H2,1-2H3,(H,26,29). The Hall–Kier alpha value is -3.69. The minimum absolute atomic E-state index is 0.0123. The van der Waals surface area contributed by atoms with Crippen LogP contribution < -0.4 is 15.6 Å². The van der Waals surface area contributed by atoms with Crippen molar-refractivity contribution in [1.29, 1.82) is 0 Å². The van der Waals surface area contributed by atoms with Gasteiger partial charge in [0.05, 0.1) is 31.2 Å². The van der Waals surface area contributed by atoms with Crippen molar-refractivity contribution in [2.24, 2.45) is 0 Å². The van der Waals surface area contributed by atoms with Crippen LogP contribution in [0.1, 0.15) is 23.0 Å². The molecule has 0 aliphatic rings. The molecule has 0 spiro atoms. The summed E-state index contributed by atoms with van der Waals surface area (Å²) in [6.07, 6.45) is 0.0963. The Bertz CT molecular complexity index is 1410. The fourth-order valence-electron chi connectivity index (χ4n) is 3.35. The number of amides is 1. The molecular formula is C24H20ClN3O5S. The second-order valence-electron chi connectivity index (χ2n) is 7.19. The Morgan fingerprint density at radius 3 is 2.47 bits per heavy atom. The van der Waals surface area contributed by atoms with Gasteiger partial charge in [0.15, 0.2) is 5.69 Å². The molecule has 2 aromatic heterocycles.